The molecule has 19 heavy (non-hydrogen) atoms. The van der Waals surface area contributed by atoms with Gasteiger partial charge >= 0.3 is 0 Å². The molecule has 0 amide bonds. The molecule has 1 N–H and O–H groups in total. The third kappa shape index (κ3) is 3.68. The van der Waals surface area contributed by atoms with Gasteiger partial charge in [-0.25, -0.2) is 0 Å². The van der Waals surface area contributed by atoms with Crippen molar-refractivity contribution in [1.29, 1.82) is 0 Å². The molecule has 1 unspecified atom stereocenters. The van der Waals surface area contributed by atoms with Crippen molar-refractivity contribution in [3.63, 3.8) is 0 Å². The average molecular weight is 342 g/mol. The first kappa shape index (κ1) is 14.8. The summed E-state index contributed by atoms with van der Waals surface area (Å²) in [6.07, 6.45) is 4.01. The largest absolute Gasteiger partial charge is 0.310 e. The molecule has 0 aromatic carbocycles. The summed E-state index contributed by atoms with van der Waals surface area (Å²) in [6.45, 7) is 5.30. The van der Waals surface area contributed by atoms with E-state index in [0.29, 0.717) is 6.04 Å². The lowest BCUT2D eigenvalue weighted by Gasteiger charge is -2.16. The molecular weight excluding hydrogens is 322 g/mol. The molecule has 0 aliphatic rings. The lowest BCUT2D eigenvalue weighted by Crippen LogP contribution is -2.21. The van der Waals surface area contributed by atoms with E-state index in [9.17, 15) is 0 Å². The van der Waals surface area contributed by atoms with Gasteiger partial charge in [0.25, 0.3) is 0 Å². The van der Waals surface area contributed by atoms with Gasteiger partial charge in [0.05, 0.1) is 3.79 Å². The molecule has 0 fully saturated rings. The van der Waals surface area contributed by atoms with Gasteiger partial charge in [0, 0.05) is 29.9 Å². The van der Waals surface area contributed by atoms with Crippen molar-refractivity contribution in [2.24, 2.45) is 7.05 Å². The van der Waals surface area contributed by atoms with Crippen LogP contribution in [0.25, 0.3) is 0 Å². The molecule has 0 saturated carbocycles. The van der Waals surface area contributed by atoms with Crippen molar-refractivity contribution >= 4 is 27.3 Å². The van der Waals surface area contributed by atoms with Gasteiger partial charge in [-0.05, 0) is 59.9 Å². The molecule has 3 nitrogen and oxygen atoms in total. The molecule has 0 aliphatic heterocycles. The quantitative estimate of drug-likeness (QED) is 0.865. The zero-order valence-electron chi connectivity index (χ0n) is 11.6. The van der Waals surface area contributed by atoms with Gasteiger partial charge in [-0.1, -0.05) is 6.92 Å². The Balaban J connectivity index is 2.06. The van der Waals surface area contributed by atoms with Gasteiger partial charge in [-0.15, -0.1) is 11.3 Å². The molecule has 0 bridgehead atoms. The van der Waals surface area contributed by atoms with Crippen LogP contribution in [0.15, 0.2) is 22.1 Å². The van der Waals surface area contributed by atoms with Gasteiger partial charge in [0.2, 0.25) is 0 Å². The molecule has 2 aromatic heterocycles. The highest BCUT2D eigenvalue weighted by Gasteiger charge is 2.15. The summed E-state index contributed by atoms with van der Waals surface area (Å²) in [5, 5.41) is 7.80. The maximum atomic E-state index is 4.22. The number of hydrogen-bond donors (Lipinski definition) is 1. The molecule has 5 heteroatoms. The van der Waals surface area contributed by atoms with E-state index in [2.05, 4.69) is 52.3 Å². The first-order valence-electron chi connectivity index (χ1n) is 6.58. The van der Waals surface area contributed by atoms with Crippen LogP contribution >= 0.6 is 27.3 Å². The number of aromatic nitrogens is 2. The van der Waals surface area contributed by atoms with Crippen LogP contribution in [0.5, 0.6) is 0 Å². The van der Waals surface area contributed by atoms with Crippen molar-refractivity contribution in [2.45, 2.75) is 32.7 Å². The van der Waals surface area contributed by atoms with E-state index in [1.807, 2.05) is 29.3 Å². The van der Waals surface area contributed by atoms with Gasteiger partial charge in [0.15, 0.2) is 0 Å². The minimum absolute atomic E-state index is 0.426. The predicted octanol–water partition coefficient (Wildman–Crippen LogP) is 3.84. The normalized spacial score (nSPS) is 12.8. The molecule has 2 aromatic rings. The van der Waals surface area contributed by atoms with Crippen molar-refractivity contribution in [2.75, 3.05) is 6.54 Å². The van der Waals surface area contributed by atoms with Crippen LogP contribution in [-0.4, -0.2) is 16.3 Å². The summed E-state index contributed by atoms with van der Waals surface area (Å²) in [7, 11) is 2.00. The molecular formula is C14H20BrN3S. The van der Waals surface area contributed by atoms with Crippen LogP contribution < -0.4 is 5.32 Å². The van der Waals surface area contributed by atoms with Gasteiger partial charge in [-0.2, -0.15) is 5.10 Å². The van der Waals surface area contributed by atoms with Crippen molar-refractivity contribution < 1.29 is 0 Å². The van der Waals surface area contributed by atoms with Crippen LogP contribution in [0.1, 0.15) is 35.5 Å². The number of halogens is 1. The van der Waals surface area contributed by atoms with Crippen LogP contribution in [0.3, 0.4) is 0 Å². The molecule has 2 heterocycles. The number of rotatable bonds is 6. The Hall–Kier alpha value is -0.650. The topological polar surface area (TPSA) is 29.9 Å². The molecule has 0 radical (unpaired) electrons. The van der Waals surface area contributed by atoms with E-state index >= 15 is 0 Å². The lowest BCUT2D eigenvalue weighted by atomic mass is 10.1. The fourth-order valence-electron chi connectivity index (χ4n) is 2.19. The second-order valence-electron chi connectivity index (χ2n) is 4.70. The Kier molecular flexibility index (Phi) is 5.19. The van der Waals surface area contributed by atoms with E-state index in [4.69, 9.17) is 0 Å². The molecule has 0 saturated heterocycles. The SMILES string of the molecule is CCNC(CCc1ccnn1C)c1cc(C)c(Br)s1. The van der Waals surface area contributed by atoms with Gasteiger partial charge < -0.3 is 5.32 Å². The third-order valence-electron chi connectivity index (χ3n) is 3.28. The fraction of sp³-hybridized carbons (Fsp3) is 0.500. The Morgan fingerprint density at radius 3 is 2.84 bits per heavy atom. The van der Waals surface area contributed by atoms with E-state index < -0.39 is 0 Å². The number of thiophene rings is 1. The zero-order valence-corrected chi connectivity index (χ0v) is 14.0. The highest BCUT2D eigenvalue weighted by atomic mass is 79.9. The number of nitrogens with one attached hydrogen (secondary N) is 1. The van der Waals surface area contributed by atoms with Gasteiger partial charge in [-0.3, -0.25) is 4.68 Å². The average Bonchev–Trinajstić information content (AvgIpc) is 2.92. The molecule has 2 rings (SSSR count). The summed E-state index contributed by atoms with van der Waals surface area (Å²) in [4.78, 5) is 1.41. The highest BCUT2D eigenvalue weighted by molar-refractivity contribution is 9.11. The maximum absolute atomic E-state index is 4.22. The second kappa shape index (κ2) is 6.68. The van der Waals surface area contributed by atoms with E-state index in [0.717, 1.165) is 19.4 Å². The van der Waals surface area contributed by atoms with E-state index in [-0.39, 0.29) is 0 Å². The summed E-state index contributed by atoms with van der Waals surface area (Å²) in [6, 6.07) is 4.80. The Morgan fingerprint density at radius 2 is 2.32 bits per heavy atom. The maximum Gasteiger partial charge on any atom is 0.0731 e. The van der Waals surface area contributed by atoms with Crippen molar-refractivity contribution in [3.05, 3.63) is 38.3 Å². The third-order valence-corrected chi connectivity index (χ3v) is 5.53. The minimum atomic E-state index is 0.426. The highest BCUT2D eigenvalue weighted by Crippen LogP contribution is 2.33. The van der Waals surface area contributed by atoms with Crippen molar-refractivity contribution in [1.82, 2.24) is 15.1 Å². The Morgan fingerprint density at radius 1 is 1.53 bits per heavy atom. The van der Waals surface area contributed by atoms with Crippen LogP contribution in [0.4, 0.5) is 0 Å². The second-order valence-corrected chi connectivity index (χ2v) is 7.10. The molecule has 0 spiro atoms. The summed E-state index contributed by atoms with van der Waals surface area (Å²) < 4.78 is 3.20. The number of hydrogen-bond acceptors (Lipinski definition) is 3. The van der Waals surface area contributed by atoms with E-state index in [1.165, 1.54) is 19.9 Å². The minimum Gasteiger partial charge on any atom is -0.310 e. The van der Waals surface area contributed by atoms with Gasteiger partial charge in [0.1, 0.15) is 0 Å². The Bertz CT molecular complexity index is 513. The lowest BCUT2D eigenvalue weighted by molar-refractivity contribution is 0.513. The monoisotopic (exact) mass is 341 g/mol. The summed E-state index contributed by atoms with van der Waals surface area (Å²) in [5.74, 6) is 0. The predicted molar refractivity (Wildman–Crippen MR) is 84.7 cm³/mol. The molecule has 0 aliphatic carbocycles. The standard InChI is InChI=1S/C14H20BrN3S/c1-4-16-12(13-9-10(2)14(15)19-13)6-5-11-7-8-17-18(11)3/h7-9,12,16H,4-6H2,1-3H3. The Labute approximate surface area is 127 Å². The zero-order chi connectivity index (χ0) is 13.8. The van der Waals surface area contributed by atoms with Crippen LogP contribution in [0, 0.1) is 6.92 Å². The molecule has 1 atom stereocenters. The summed E-state index contributed by atoms with van der Waals surface area (Å²) >= 11 is 5.45. The smallest absolute Gasteiger partial charge is 0.0731 e. The molecule has 104 valence electrons. The van der Waals surface area contributed by atoms with E-state index in [1.54, 1.807) is 0 Å². The number of nitrogens with zero attached hydrogens (tertiary/aromatic N) is 2. The van der Waals surface area contributed by atoms with Crippen LogP contribution in [-0.2, 0) is 13.5 Å². The van der Waals surface area contributed by atoms with Crippen molar-refractivity contribution in [3.8, 4) is 0 Å². The number of aryl methyl sites for hydroxylation is 3. The first-order chi connectivity index (χ1) is 9.11. The first-order valence-corrected chi connectivity index (χ1v) is 8.18. The summed E-state index contributed by atoms with van der Waals surface area (Å²) in [5.41, 5.74) is 2.61. The van der Waals surface area contributed by atoms with Crippen LogP contribution in [0.2, 0.25) is 0 Å². The fourth-order valence-corrected chi connectivity index (χ4v) is 3.87.